The average molecular weight is 79.0 g/mol. The number of carbonyl (C=O) groups excluding carboxylic acids is 1. The Balaban J connectivity index is -0.0000000133. The van der Waals surface area contributed by atoms with Crippen molar-refractivity contribution in [2.45, 2.75) is 0 Å². The van der Waals surface area contributed by atoms with Crippen LogP contribution in [0.5, 0.6) is 0 Å². The van der Waals surface area contributed by atoms with E-state index >= 15 is 0 Å². The van der Waals surface area contributed by atoms with Gasteiger partial charge >= 0.3 is 29.6 Å². The molecule has 0 unspecified atom stereocenters. The van der Waals surface area contributed by atoms with E-state index in [9.17, 15) is 0 Å². The van der Waals surface area contributed by atoms with Crippen LogP contribution in [0.3, 0.4) is 0 Å². The summed E-state index contributed by atoms with van der Waals surface area (Å²) < 4.78 is 0. The molecule has 0 radical (unpaired) electrons. The van der Waals surface area contributed by atoms with Crippen LogP contribution < -0.4 is 29.6 Å². The molecule has 2 nitrogen and oxygen atoms in total. The van der Waals surface area contributed by atoms with Crippen molar-refractivity contribution >= 4 is 6.79 Å². The van der Waals surface area contributed by atoms with Crippen LogP contribution in [0.25, 0.3) is 0 Å². The van der Waals surface area contributed by atoms with Crippen molar-refractivity contribution in [2.24, 2.45) is 0 Å². The van der Waals surface area contributed by atoms with Gasteiger partial charge in [-0.15, -0.1) is 0 Å². The quantitative estimate of drug-likeness (QED) is 0.228. The molecule has 0 N–H and O–H groups in total. The summed E-state index contributed by atoms with van der Waals surface area (Å²) in [5.74, 6) is 0. The van der Waals surface area contributed by atoms with E-state index in [0.717, 1.165) is 0 Å². The van der Waals surface area contributed by atoms with Gasteiger partial charge in [0.1, 0.15) is 6.79 Å². The summed E-state index contributed by atoms with van der Waals surface area (Å²) in [6.07, 6.45) is 0. The Morgan fingerprint density at radius 3 is 1.40 bits per heavy atom. The third-order valence-corrected chi connectivity index (χ3v) is 0. The zero-order valence-electron chi connectivity index (χ0n) is 3.06. The van der Waals surface area contributed by atoms with Crippen LogP contribution in [-0.4, -0.2) is 6.79 Å². The fourth-order valence-electron chi connectivity index (χ4n) is 0. The minimum atomic E-state index is 0. The monoisotopic (exact) mass is 79.0 g/mol. The van der Waals surface area contributed by atoms with Gasteiger partial charge in [0.25, 0.3) is 0 Å². The summed E-state index contributed by atoms with van der Waals surface area (Å²) in [5, 5.41) is 6.25. The maximum absolute atomic E-state index is 8.00. The smallest absolute Gasteiger partial charge is 0.512 e. The number of hydrogen-bond donors (Lipinski definition) is 0. The van der Waals surface area contributed by atoms with E-state index in [1.807, 2.05) is 6.79 Å². The van der Waals surface area contributed by atoms with Gasteiger partial charge < -0.3 is 16.6 Å². The van der Waals surface area contributed by atoms with E-state index in [2.05, 4.69) is 0 Å². The molecule has 0 aliphatic heterocycles. The van der Waals surface area contributed by atoms with E-state index in [1.165, 1.54) is 0 Å². The Bertz CT molecular complexity index is 20.9. The van der Waals surface area contributed by atoms with E-state index < -0.39 is 0 Å². The van der Waals surface area contributed by atoms with Crippen molar-refractivity contribution in [3.63, 3.8) is 0 Å². The number of carbonyl (C=O) groups is 1. The van der Waals surface area contributed by atoms with Crippen LogP contribution in [-0.2, 0) is 4.79 Å². The molecule has 0 aliphatic rings. The molecule has 0 aromatic heterocycles. The Kier molecular flexibility index (Phi) is 6210. The van der Waals surface area contributed by atoms with Crippen molar-refractivity contribution in [2.75, 3.05) is 0 Å². The first-order valence-corrected chi connectivity index (χ1v) is 0.512. The SMILES string of the molecule is C=O.[C-]#N.[Na+]. The van der Waals surface area contributed by atoms with Crippen molar-refractivity contribution < 1.29 is 34.4 Å². The van der Waals surface area contributed by atoms with E-state index in [0.29, 0.717) is 0 Å². The average Bonchev–Trinajstić information content (AvgIpc) is 1.50. The Labute approximate surface area is 53.1 Å². The second kappa shape index (κ2) is 1620. The van der Waals surface area contributed by atoms with Crippen LogP contribution >= 0.6 is 0 Å². The molecule has 0 atom stereocenters. The Hall–Kier alpha value is 0.160. The van der Waals surface area contributed by atoms with Crippen LogP contribution in [0.1, 0.15) is 0 Å². The second-order valence-electron chi connectivity index (χ2n) is 0. The first-order chi connectivity index (χ1) is 2.00. The van der Waals surface area contributed by atoms with E-state index in [1.54, 1.807) is 0 Å². The number of nitrogens with zero attached hydrogens (tertiary/aromatic N) is 1. The van der Waals surface area contributed by atoms with Gasteiger partial charge in [-0.2, -0.15) is 0 Å². The van der Waals surface area contributed by atoms with E-state index in [4.69, 9.17) is 16.6 Å². The van der Waals surface area contributed by atoms with Crippen LogP contribution in [0.15, 0.2) is 0 Å². The molecule has 22 valence electrons. The molecule has 0 saturated carbocycles. The minimum Gasteiger partial charge on any atom is -0.512 e. The molecule has 3 heteroatoms. The maximum atomic E-state index is 8.00. The summed E-state index contributed by atoms with van der Waals surface area (Å²) in [4.78, 5) is 8.00. The predicted molar refractivity (Wildman–Crippen MR) is 12.1 cm³/mol. The molecule has 0 spiro atoms. The largest absolute Gasteiger partial charge is 1.00 e. The molecule has 0 rings (SSSR count). The summed E-state index contributed by atoms with van der Waals surface area (Å²) in [7, 11) is 0. The van der Waals surface area contributed by atoms with Gasteiger partial charge in [-0.25, -0.2) is 0 Å². The standard InChI is InChI=1S/CN.CH2O.Na/c2*1-2;/h;1H2;/q-1;;+1. The maximum Gasteiger partial charge on any atom is 1.00 e. The zero-order chi connectivity index (χ0) is 4.00. The summed E-state index contributed by atoms with van der Waals surface area (Å²) in [6, 6.07) is 0. The van der Waals surface area contributed by atoms with Crippen molar-refractivity contribution in [3.8, 4) is 0 Å². The third-order valence-electron chi connectivity index (χ3n) is 0. The molecular formula is C2H2NNaO. The fraction of sp³-hybridized carbons (Fsp3) is 0. The van der Waals surface area contributed by atoms with Gasteiger partial charge in [-0.3, -0.25) is 0 Å². The minimum absolute atomic E-state index is 0. The number of rotatable bonds is 0. The second-order valence-corrected chi connectivity index (χ2v) is 0. The van der Waals surface area contributed by atoms with Crippen LogP contribution in [0, 0.1) is 11.8 Å². The molecular weight excluding hydrogens is 77.0 g/mol. The zero-order valence-corrected chi connectivity index (χ0v) is 5.06. The molecule has 5 heavy (non-hydrogen) atoms. The molecule has 0 bridgehead atoms. The van der Waals surface area contributed by atoms with Crippen LogP contribution in [0.2, 0.25) is 0 Å². The molecule has 0 aromatic rings. The molecule has 0 heterocycles. The molecule has 0 aliphatic carbocycles. The van der Waals surface area contributed by atoms with Gasteiger partial charge in [0.15, 0.2) is 0 Å². The summed E-state index contributed by atoms with van der Waals surface area (Å²) in [6.45, 7) is 6.75. The molecule has 0 aromatic carbocycles. The Morgan fingerprint density at radius 1 is 1.40 bits per heavy atom. The van der Waals surface area contributed by atoms with Crippen molar-refractivity contribution in [1.82, 2.24) is 0 Å². The molecule has 0 saturated heterocycles. The topological polar surface area (TPSA) is 40.9 Å². The fourth-order valence-corrected chi connectivity index (χ4v) is 0. The van der Waals surface area contributed by atoms with Gasteiger partial charge in [-0.1, -0.05) is 0 Å². The van der Waals surface area contributed by atoms with Crippen LogP contribution in [0.4, 0.5) is 0 Å². The van der Waals surface area contributed by atoms with Gasteiger partial charge in [0, 0.05) is 0 Å². The normalized spacial score (nSPS) is 1.20. The third kappa shape index (κ3) is 758. The Morgan fingerprint density at radius 2 is 1.40 bits per heavy atom. The summed E-state index contributed by atoms with van der Waals surface area (Å²) >= 11 is 0. The number of hydrogen-bond acceptors (Lipinski definition) is 2. The predicted octanol–water partition coefficient (Wildman–Crippen LogP) is -3.08. The molecule has 0 amide bonds. The van der Waals surface area contributed by atoms with Gasteiger partial charge in [-0.05, 0) is 0 Å². The van der Waals surface area contributed by atoms with E-state index in [-0.39, 0.29) is 29.6 Å². The first kappa shape index (κ1) is 19.1. The molecule has 0 fully saturated rings. The van der Waals surface area contributed by atoms with Crippen molar-refractivity contribution in [1.29, 1.82) is 5.26 Å². The van der Waals surface area contributed by atoms with Crippen molar-refractivity contribution in [3.05, 3.63) is 6.57 Å². The first-order valence-electron chi connectivity index (χ1n) is 0.512. The van der Waals surface area contributed by atoms with Gasteiger partial charge in [0.05, 0.1) is 0 Å². The van der Waals surface area contributed by atoms with Gasteiger partial charge in [0.2, 0.25) is 0 Å². The summed E-state index contributed by atoms with van der Waals surface area (Å²) in [5.41, 5.74) is 0.